The Bertz CT molecular complexity index is 501. The number of hydrogen-bond donors (Lipinski definition) is 1. The van der Waals surface area contributed by atoms with E-state index in [1.807, 2.05) is 0 Å². The van der Waals surface area contributed by atoms with Gasteiger partial charge in [0, 0.05) is 13.0 Å². The highest BCUT2D eigenvalue weighted by Crippen LogP contribution is 2.22. The van der Waals surface area contributed by atoms with Crippen molar-refractivity contribution in [3.8, 4) is 17.6 Å². The second kappa shape index (κ2) is 8.55. The van der Waals surface area contributed by atoms with Crippen molar-refractivity contribution < 1.29 is 27.8 Å². The summed E-state index contributed by atoms with van der Waals surface area (Å²) in [5.41, 5.74) is 1.38. The standard InChI is InChI=1S/C15H17F3O3/c1-20-14-6-5-12(10-13(14)4-2-8-19)11-21-9-3-7-15(16,17)18/h5-6,10,19H,3,7-9,11H2,1H3. The number of aliphatic hydroxyl groups is 1. The molecule has 0 spiro atoms. The van der Waals surface area contributed by atoms with Crippen LogP contribution in [0.25, 0.3) is 0 Å². The van der Waals surface area contributed by atoms with Gasteiger partial charge >= 0.3 is 6.18 Å². The van der Waals surface area contributed by atoms with Crippen LogP contribution in [0.3, 0.4) is 0 Å². The zero-order valence-electron chi connectivity index (χ0n) is 11.7. The van der Waals surface area contributed by atoms with Crippen molar-refractivity contribution in [1.82, 2.24) is 0 Å². The molecule has 0 aliphatic heterocycles. The first-order valence-corrected chi connectivity index (χ1v) is 6.37. The molecule has 0 atom stereocenters. The summed E-state index contributed by atoms with van der Waals surface area (Å²) in [4.78, 5) is 0. The van der Waals surface area contributed by atoms with Gasteiger partial charge in [0.2, 0.25) is 0 Å². The maximum atomic E-state index is 12.0. The maximum Gasteiger partial charge on any atom is 0.389 e. The Hall–Kier alpha value is -1.71. The van der Waals surface area contributed by atoms with Gasteiger partial charge in [-0.15, -0.1) is 0 Å². The van der Waals surface area contributed by atoms with Gasteiger partial charge in [0.1, 0.15) is 12.4 Å². The number of methoxy groups -OCH3 is 1. The molecule has 0 radical (unpaired) electrons. The predicted octanol–water partition coefficient (Wildman–Crippen LogP) is 2.90. The van der Waals surface area contributed by atoms with Crippen LogP contribution in [0.4, 0.5) is 13.2 Å². The zero-order chi connectivity index (χ0) is 15.7. The first-order chi connectivity index (χ1) is 9.96. The highest BCUT2D eigenvalue weighted by atomic mass is 19.4. The minimum Gasteiger partial charge on any atom is -0.495 e. The van der Waals surface area contributed by atoms with Crippen LogP contribution >= 0.6 is 0 Å². The lowest BCUT2D eigenvalue weighted by Gasteiger charge is -2.09. The summed E-state index contributed by atoms with van der Waals surface area (Å²) in [5.74, 6) is 5.83. The fourth-order valence-electron chi connectivity index (χ4n) is 1.64. The molecule has 6 heteroatoms. The van der Waals surface area contributed by atoms with Crippen LogP contribution in [-0.4, -0.2) is 31.6 Å². The maximum absolute atomic E-state index is 12.0. The highest BCUT2D eigenvalue weighted by molar-refractivity contribution is 5.48. The van der Waals surface area contributed by atoms with E-state index >= 15 is 0 Å². The quantitative estimate of drug-likeness (QED) is 0.648. The van der Waals surface area contributed by atoms with Crippen LogP contribution in [0.5, 0.6) is 5.75 Å². The van der Waals surface area contributed by atoms with Gasteiger partial charge in [-0.1, -0.05) is 17.9 Å². The summed E-state index contributed by atoms with van der Waals surface area (Å²) >= 11 is 0. The summed E-state index contributed by atoms with van der Waals surface area (Å²) in [6, 6.07) is 5.19. The normalized spacial score (nSPS) is 10.9. The van der Waals surface area contributed by atoms with Crippen LogP contribution in [0.2, 0.25) is 0 Å². The molecule has 0 saturated heterocycles. The third-order valence-corrected chi connectivity index (χ3v) is 2.58. The van der Waals surface area contributed by atoms with Gasteiger partial charge < -0.3 is 14.6 Å². The molecule has 0 saturated carbocycles. The van der Waals surface area contributed by atoms with Crippen LogP contribution in [-0.2, 0) is 11.3 Å². The molecule has 1 N–H and O–H groups in total. The van der Waals surface area contributed by atoms with E-state index in [0.717, 1.165) is 5.56 Å². The molecule has 0 heterocycles. The number of aliphatic hydroxyl groups excluding tert-OH is 1. The van der Waals surface area contributed by atoms with Crippen LogP contribution < -0.4 is 4.74 Å². The highest BCUT2D eigenvalue weighted by Gasteiger charge is 2.25. The van der Waals surface area contributed by atoms with E-state index in [2.05, 4.69) is 11.8 Å². The van der Waals surface area contributed by atoms with Gasteiger partial charge in [-0.2, -0.15) is 13.2 Å². The molecular formula is C15H17F3O3. The van der Waals surface area contributed by atoms with E-state index in [0.29, 0.717) is 11.3 Å². The lowest BCUT2D eigenvalue weighted by atomic mass is 10.1. The number of halogens is 3. The van der Waals surface area contributed by atoms with Gasteiger partial charge in [0.15, 0.2) is 0 Å². The summed E-state index contributed by atoms with van der Waals surface area (Å²) in [7, 11) is 1.51. The van der Waals surface area contributed by atoms with Gasteiger partial charge in [0.25, 0.3) is 0 Å². The molecule has 3 nitrogen and oxygen atoms in total. The summed E-state index contributed by atoms with van der Waals surface area (Å²) < 4.78 is 46.2. The van der Waals surface area contributed by atoms with Crippen LogP contribution in [0.1, 0.15) is 24.0 Å². The van der Waals surface area contributed by atoms with E-state index in [4.69, 9.17) is 14.6 Å². The molecule has 21 heavy (non-hydrogen) atoms. The van der Waals surface area contributed by atoms with Crippen molar-refractivity contribution in [1.29, 1.82) is 0 Å². The summed E-state index contributed by atoms with van der Waals surface area (Å²) in [6.45, 7) is -0.0137. The number of rotatable bonds is 6. The molecule has 116 valence electrons. The van der Waals surface area contributed by atoms with Crippen molar-refractivity contribution in [2.75, 3.05) is 20.3 Å². The third-order valence-electron chi connectivity index (χ3n) is 2.58. The molecule has 0 fully saturated rings. The Morgan fingerprint density at radius 3 is 2.67 bits per heavy atom. The van der Waals surface area contributed by atoms with Crippen molar-refractivity contribution in [3.63, 3.8) is 0 Å². The Labute approximate surface area is 121 Å². The summed E-state index contributed by atoms with van der Waals surface area (Å²) in [6.07, 6.45) is -5.05. The fourth-order valence-corrected chi connectivity index (χ4v) is 1.64. The smallest absolute Gasteiger partial charge is 0.389 e. The Morgan fingerprint density at radius 2 is 2.05 bits per heavy atom. The average Bonchev–Trinajstić information content (AvgIpc) is 2.43. The Morgan fingerprint density at radius 1 is 1.29 bits per heavy atom. The first kappa shape index (κ1) is 17.3. The molecule has 0 aromatic heterocycles. The number of hydrogen-bond acceptors (Lipinski definition) is 3. The minimum absolute atomic E-state index is 0.0448. The van der Waals surface area contributed by atoms with E-state index in [1.54, 1.807) is 18.2 Å². The van der Waals surface area contributed by atoms with Crippen molar-refractivity contribution in [3.05, 3.63) is 29.3 Å². The second-order valence-corrected chi connectivity index (χ2v) is 4.27. The van der Waals surface area contributed by atoms with Crippen molar-refractivity contribution in [2.24, 2.45) is 0 Å². The van der Waals surface area contributed by atoms with Crippen molar-refractivity contribution in [2.45, 2.75) is 25.6 Å². The molecular weight excluding hydrogens is 285 g/mol. The number of benzene rings is 1. The lowest BCUT2D eigenvalue weighted by Crippen LogP contribution is -2.08. The molecule has 0 bridgehead atoms. The second-order valence-electron chi connectivity index (χ2n) is 4.27. The third kappa shape index (κ3) is 7.02. The van der Waals surface area contributed by atoms with Gasteiger partial charge in [-0.05, 0) is 24.1 Å². The molecule has 1 aromatic carbocycles. The molecule has 1 rings (SSSR count). The minimum atomic E-state index is -4.14. The Balaban J connectivity index is 2.52. The molecule has 0 unspecified atom stereocenters. The predicted molar refractivity (Wildman–Crippen MR) is 71.9 cm³/mol. The average molecular weight is 302 g/mol. The zero-order valence-corrected chi connectivity index (χ0v) is 11.7. The van der Waals surface area contributed by atoms with E-state index in [1.165, 1.54) is 7.11 Å². The van der Waals surface area contributed by atoms with Gasteiger partial charge in [0.05, 0.1) is 19.3 Å². The largest absolute Gasteiger partial charge is 0.495 e. The van der Waals surface area contributed by atoms with Crippen LogP contribution in [0.15, 0.2) is 18.2 Å². The van der Waals surface area contributed by atoms with Crippen molar-refractivity contribution >= 4 is 0 Å². The van der Waals surface area contributed by atoms with Gasteiger partial charge in [-0.3, -0.25) is 0 Å². The summed E-state index contributed by atoms with van der Waals surface area (Å²) in [5, 5.41) is 8.70. The number of alkyl halides is 3. The lowest BCUT2D eigenvalue weighted by molar-refractivity contribution is -0.138. The molecule has 1 aromatic rings. The monoisotopic (exact) mass is 302 g/mol. The molecule has 0 aliphatic rings. The Kier molecular flexibility index (Phi) is 7.06. The fraction of sp³-hybridized carbons (Fsp3) is 0.467. The SMILES string of the molecule is COc1ccc(COCCCC(F)(F)F)cc1C#CCO. The molecule has 0 aliphatic carbocycles. The van der Waals surface area contributed by atoms with Gasteiger partial charge in [-0.25, -0.2) is 0 Å². The van der Waals surface area contributed by atoms with E-state index in [9.17, 15) is 13.2 Å². The first-order valence-electron chi connectivity index (χ1n) is 6.37. The molecule has 0 amide bonds. The topological polar surface area (TPSA) is 38.7 Å². The van der Waals surface area contributed by atoms with Crippen LogP contribution in [0, 0.1) is 11.8 Å². The number of ether oxygens (including phenoxy) is 2. The van der Waals surface area contributed by atoms with E-state index in [-0.39, 0.29) is 26.2 Å². The van der Waals surface area contributed by atoms with E-state index < -0.39 is 12.6 Å².